The lowest BCUT2D eigenvalue weighted by Gasteiger charge is -2.29. The van der Waals surface area contributed by atoms with Gasteiger partial charge in [0, 0.05) is 5.56 Å². The first-order valence-corrected chi connectivity index (χ1v) is 10.6. The lowest BCUT2D eigenvalue weighted by molar-refractivity contribution is 0.0553. The summed E-state index contributed by atoms with van der Waals surface area (Å²) in [6.45, 7) is 7.42. The molecule has 0 radical (unpaired) electrons. The standard InChI is InChI=1S/C21H23NO7S/c1-13(2)19-17(22-21(23)26-4)9-10-18-20(19)29-15(11-27-18)12-28-30(24,25)16-7-5-14(3)6-8-16/h5-10,15H,1,11-12H2,2-4H3,(H,22,23). The number of nitrogens with one attached hydrogen (secondary N) is 1. The van der Waals surface area contributed by atoms with E-state index >= 15 is 0 Å². The highest BCUT2D eigenvalue weighted by atomic mass is 32.2. The number of benzene rings is 2. The Kier molecular flexibility index (Phi) is 6.33. The minimum Gasteiger partial charge on any atom is -0.486 e. The monoisotopic (exact) mass is 433 g/mol. The Bertz CT molecular complexity index is 1060. The lowest BCUT2D eigenvalue weighted by Crippen LogP contribution is -2.34. The van der Waals surface area contributed by atoms with Gasteiger partial charge in [-0.05, 0) is 43.7 Å². The highest BCUT2D eigenvalue weighted by molar-refractivity contribution is 7.86. The van der Waals surface area contributed by atoms with Crippen molar-refractivity contribution in [3.8, 4) is 11.5 Å². The van der Waals surface area contributed by atoms with Gasteiger partial charge in [-0.3, -0.25) is 9.50 Å². The zero-order valence-corrected chi connectivity index (χ0v) is 17.7. The van der Waals surface area contributed by atoms with Crippen LogP contribution in [0.15, 0.2) is 47.9 Å². The summed E-state index contributed by atoms with van der Waals surface area (Å²) in [5.74, 6) is 0.810. The van der Waals surface area contributed by atoms with Gasteiger partial charge < -0.3 is 14.2 Å². The van der Waals surface area contributed by atoms with E-state index in [-0.39, 0.29) is 18.1 Å². The Hall–Kier alpha value is -3.04. The molecule has 160 valence electrons. The zero-order chi connectivity index (χ0) is 21.9. The van der Waals surface area contributed by atoms with E-state index in [2.05, 4.69) is 16.6 Å². The van der Waals surface area contributed by atoms with Gasteiger partial charge in [0.25, 0.3) is 10.1 Å². The first-order chi connectivity index (χ1) is 14.2. The average molecular weight is 433 g/mol. The van der Waals surface area contributed by atoms with Crippen molar-refractivity contribution < 1.29 is 31.6 Å². The summed E-state index contributed by atoms with van der Waals surface area (Å²) in [7, 11) is -2.67. The molecule has 0 saturated heterocycles. The molecule has 0 fully saturated rings. The quantitative estimate of drug-likeness (QED) is 0.693. The van der Waals surface area contributed by atoms with Crippen LogP contribution in [0.2, 0.25) is 0 Å². The van der Waals surface area contributed by atoms with E-state index in [1.807, 2.05) is 6.92 Å². The van der Waals surface area contributed by atoms with Crippen LogP contribution in [0, 0.1) is 6.92 Å². The predicted octanol–water partition coefficient (Wildman–Crippen LogP) is 3.75. The van der Waals surface area contributed by atoms with Gasteiger partial charge in [-0.1, -0.05) is 24.3 Å². The van der Waals surface area contributed by atoms with Crippen LogP contribution in [0.4, 0.5) is 10.5 Å². The molecule has 1 atom stereocenters. The Morgan fingerprint density at radius 2 is 1.93 bits per heavy atom. The van der Waals surface area contributed by atoms with Gasteiger partial charge in [-0.15, -0.1) is 0 Å². The maximum atomic E-state index is 12.4. The van der Waals surface area contributed by atoms with Crippen LogP contribution in [0.25, 0.3) is 5.57 Å². The van der Waals surface area contributed by atoms with Crippen molar-refractivity contribution in [2.24, 2.45) is 0 Å². The molecule has 1 heterocycles. The molecule has 0 saturated carbocycles. The van der Waals surface area contributed by atoms with Crippen LogP contribution in [-0.4, -0.2) is 40.9 Å². The fourth-order valence-electron chi connectivity index (χ4n) is 2.89. The van der Waals surface area contributed by atoms with Crippen molar-refractivity contribution in [2.45, 2.75) is 24.8 Å². The fraction of sp³-hybridized carbons (Fsp3) is 0.286. The topological polar surface area (TPSA) is 100 Å². The molecule has 0 spiro atoms. The summed E-state index contributed by atoms with van der Waals surface area (Å²) >= 11 is 0. The van der Waals surface area contributed by atoms with Crippen molar-refractivity contribution in [1.82, 2.24) is 0 Å². The summed E-state index contributed by atoms with van der Waals surface area (Å²) < 4.78 is 46.3. The SMILES string of the molecule is C=C(C)c1c(NC(=O)OC)ccc2c1OC(COS(=O)(=O)c1ccc(C)cc1)CO2. The second kappa shape index (κ2) is 8.76. The van der Waals surface area contributed by atoms with Crippen molar-refractivity contribution in [3.05, 3.63) is 54.1 Å². The number of carbonyl (C=O) groups excluding carboxylic acids is 1. The van der Waals surface area contributed by atoms with Crippen LogP contribution < -0.4 is 14.8 Å². The first-order valence-electron chi connectivity index (χ1n) is 9.14. The number of anilines is 1. The van der Waals surface area contributed by atoms with E-state index < -0.39 is 22.3 Å². The van der Waals surface area contributed by atoms with Crippen LogP contribution in [-0.2, 0) is 19.0 Å². The Morgan fingerprint density at radius 3 is 2.57 bits per heavy atom. The first kappa shape index (κ1) is 21.7. The van der Waals surface area contributed by atoms with Gasteiger partial charge in [0.15, 0.2) is 17.6 Å². The molecule has 0 bridgehead atoms. The van der Waals surface area contributed by atoms with Crippen molar-refractivity contribution in [3.63, 3.8) is 0 Å². The van der Waals surface area contributed by atoms with Crippen molar-refractivity contribution >= 4 is 27.5 Å². The molecule has 3 rings (SSSR count). The van der Waals surface area contributed by atoms with Crippen LogP contribution in [0.3, 0.4) is 0 Å². The van der Waals surface area contributed by atoms with Gasteiger partial charge >= 0.3 is 6.09 Å². The molecule has 2 aromatic carbocycles. The number of hydrogen-bond donors (Lipinski definition) is 1. The molecular formula is C21H23NO7S. The Balaban J connectivity index is 1.78. The number of amides is 1. The van der Waals surface area contributed by atoms with Gasteiger partial charge in [0.2, 0.25) is 0 Å². The third-order valence-electron chi connectivity index (χ3n) is 4.40. The summed E-state index contributed by atoms with van der Waals surface area (Å²) in [5, 5.41) is 2.60. The molecule has 2 aromatic rings. The molecule has 1 aliphatic heterocycles. The second-order valence-corrected chi connectivity index (χ2v) is 8.43. The van der Waals surface area contributed by atoms with Gasteiger partial charge in [0.1, 0.15) is 13.2 Å². The Morgan fingerprint density at radius 1 is 1.23 bits per heavy atom. The van der Waals surface area contributed by atoms with Crippen molar-refractivity contribution in [1.29, 1.82) is 0 Å². The van der Waals surface area contributed by atoms with Crippen LogP contribution in [0.1, 0.15) is 18.1 Å². The fourth-order valence-corrected chi connectivity index (χ4v) is 3.82. The molecule has 1 amide bonds. The van der Waals surface area contributed by atoms with Crippen molar-refractivity contribution in [2.75, 3.05) is 25.6 Å². The number of allylic oxidation sites excluding steroid dienone is 1. The molecule has 0 aromatic heterocycles. The summed E-state index contributed by atoms with van der Waals surface area (Å²) in [6, 6.07) is 9.67. The van der Waals surface area contributed by atoms with Crippen LogP contribution >= 0.6 is 0 Å². The minimum atomic E-state index is -3.93. The van der Waals surface area contributed by atoms with Gasteiger partial charge in [-0.25, -0.2) is 4.79 Å². The van der Waals surface area contributed by atoms with E-state index in [1.165, 1.54) is 19.2 Å². The highest BCUT2D eigenvalue weighted by Crippen LogP contribution is 2.42. The molecule has 8 nitrogen and oxygen atoms in total. The number of hydrogen-bond acceptors (Lipinski definition) is 7. The summed E-state index contributed by atoms with van der Waals surface area (Å²) in [5.41, 5.74) is 2.53. The van der Waals surface area contributed by atoms with E-state index in [9.17, 15) is 13.2 Å². The normalized spacial score (nSPS) is 15.4. The van der Waals surface area contributed by atoms with Gasteiger partial charge in [0.05, 0.1) is 17.7 Å². The van der Waals surface area contributed by atoms with E-state index in [0.717, 1.165) is 5.56 Å². The van der Waals surface area contributed by atoms with Crippen LogP contribution in [0.5, 0.6) is 11.5 Å². The van der Waals surface area contributed by atoms with Gasteiger partial charge in [-0.2, -0.15) is 8.42 Å². The number of methoxy groups -OCH3 is 1. The number of fused-ring (bicyclic) bond motifs is 1. The Labute approximate surface area is 175 Å². The number of ether oxygens (including phenoxy) is 3. The summed E-state index contributed by atoms with van der Waals surface area (Å²) in [4.78, 5) is 11.7. The number of aryl methyl sites for hydroxylation is 1. The third-order valence-corrected chi connectivity index (χ3v) is 5.69. The summed E-state index contributed by atoms with van der Waals surface area (Å²) in [6.07, 6.45) is -1.32. The number of rotatable bonds is 6. The zero-order valence-electron chi connectivity index (χ0n) is 16.9. The molecule has 9 heteroatoms. The second-order valence-electron chi connectivity index (χ2n) is 6.81. The smallest absolute Gasteiger partial charge is 0.411 e. The molecule has 0 aliphatic carbocycles. The third kappa shape index (κ3) is 4.74. The molecule has 1 unspecified atom stereocenters. The molecule has 1 N–H and O–H groups in total. The highest BCUT2D eigenvalue weighted by Gasteiger charge is 2.28. The van der Waals surface area contributed by atoms with E-state index in [4.69, 9.17) is 13.7 Å². The average Bonchev–Trinajstić information content (AvgIpc) is 2.71. The van der Waals surface area contributed by atoms with E-state index in [0.29, 0.717) is 28.3 Å². The minimum absolute atomic E-state index is 0.0671. The molecule has 1 aliphatic rings. The largest absolute Gasteiger partial charge is 0.486 e. The lowest BCUT2D eigenvalue weighted by atomic mass is 10.0. The molecular weight excluding hydrogens is 410 g/mol. The maximum absolute atomic E-state index is 12.4. The van der Waals surface area contributed by atoms with E-state index in [1.54, 1.807) is 31.2 Å². The maximum Gasteiger partial charge on any atom is 0.411 e. The predicted molar refractivity (Wildman–Crippen MR) is 111 cm³/mol. The molecule has 30 heavy (non-hydrogen) atoms. The number of carbonyl (C=O) groups is 1.